The van der Waals surface area contributed by atoms with E-state index in [1.807, 2.05) is 0 Å². The Morgan fingerprint density at radius 1 is 1.24 bits per heavy atom. The van der Waals surface area contributed by atoms with E-state index >= 15 is 0 Å². The monoisotopic (exact) mass is 381 g/mol. The summed E-state index contributed by atoms with van der Waals surface area (Å²) < 4.78 is 46.0. The second kappa shape index (κ2) is 6.81. The second-order valence-electron chi connectivity index (χ2n) is 5.22. The Labute approximate surface area is 148 Å². The predicted molar refractivity (Wildman–Crippen MR) is 90.3 cm³/mol. The molecule has 130 valence electrons. The summed E-state index contributed by atoms with van der Waals surface area (Å²) in [5.41, 5.74) is 0.202. The minimum atomic E-state index is -4.05. The van der Waals surface area contributed by atoms with Crippen molar-refractivity contribution in [3.05, 3.63) is 71.0 Å². The van der Waals surface area contributed by atoms with Gasteiger partial charge in [0.05, 0.1) is 6.54 Å². The minimum absolute atomic E-state index is 0.0516. The highest BCUT2D eigenvalue weighted by atomic mass is 35.5. The summed E-state index contributed by atoms with van der Waals surface area (Å²) in [5.74, 6) is -0.0363. The lowest BCUT2D eigenvalue weighted by Crippen LogP contribution is -2.31. The van der Waals surface area contributed by atoms with Crippen LogP contribution in [0.3, 0.4) is 0 Å². The fraction of sp³-hybridized carbons (Fsp3) is 0.125. The van der Waals surface area contributed by atoms with E-state index in [4.69, 9.17) is 16.1 Å². The van der Waals surface area contributed by atoms with Crippen molar-refractivity contribution in [3.8, 4) is 0 Å². The minimum Gasteiger partial charge on any atom is -0.360 e. The average molecular weight is 382 g/mol. The molecule has 3 aromatic rings. The van der Waals surface area contributed by atoms with Gasteiger partial charge in [-0.15, -0.1) is 0 Å². The quantitative estimate of drug-likeness (QED) is 0.631. The van der Waals surface area contributed by atoms with E-state index in [0.29, 0.717) is 5.76 Å². The van der Waals surface area contributed by atoms with Crippen LogP contribution >= 0.6 is 11.6 Å². The van der Waals surface area contributed by atoms with Crippen molar-refractivity contribution in [1.82, 2.24) is 10.1 Å². The molecule has 3 rings (SSSR count). The van der Waals surface area contributed by atoms with Crippen molar-refractivity contribution in [2.75, 3.05) is 4.31 Å². The van der Waals surface area contributed by atoms with Crippen LogP contribution < -0.4 is 4.31 Å². The Balaban J connectivity index is 2.07. The number of pyridine rings is 1. The maximum atomic E-state index is 14.0. The topological polar surface area (TPSA) is 76.3 Å². The van der Waals surface area contributed by atoms with Crippen molar-refractivity contribution >= 4 is 27.4 Å². The number of rotatable bonds is 5. The highest BCUT2D eigenvalue weighted by molar-refractivity contribution is 7.92. The first-order valence-electron chi connectivity index (χ1n) is 7.19. The Morgan fingerprint density at radius 3 is 2.60 bits per heavy atom. The Kier molecular flexibility index (Phi) is 4.73. The van der Waals surface area contributed by atoms with E-state index < -0.39 is 15.8 Å². The van der Waals surface area contributed by atoms with E-state index in [0.717, 1.165) is 10.5 Å². The smallest absolute Gasteiger partial charge is 0.267 e. The third-order valence-corrected chi connectivity index (χ3v) is 5.39. The molecule has 0 bridgehead atoms. The summed E-state index contributed by atoms with van der Waals surface area (Å²) in [6.07, 6.45) is 1.14. The number of halogens is 2. The van der Waals surface area contributed by atoms with Crippen molar-refractivity contribution in [2.24, 2.45) is 0 Å². The molecule has 0 aliphatic rings. The first kappa shape index (κ1) is 17.4. The lowest BCUT2D eigenvalue weighted by atomic mass is 10.2. The zero-order valence-corrected chi connectivity index (χ0v) is 14.6. The fourth-order valence-corrected chi connectivity index (χ4v) is 3.62. The number of anilines is 1. The summed E-state index contributed by atoms with van der Waals surface area (Å²) in [7, 11) is -4.05. The first-order chi connectivity index (χ1) is 11.9. The number of benzene rings is 1. The molecule has 0 amide bonds. The highest BCUT2D eigenvalue weighted by Gasteiger charge is 2.28. The molecule has 0 saturated carbocycles. The lowest BCUT2D eigenvalue weighted by molar-refractivity contribution is 0.398. The van der Waals surface area contributed by atoms with Crippen LogP contribution in [0.1, 0.15) is 11.3 Å². The summed E-state index contributed by atoms with van der Waals surface area (Å²) in [6, 6.07) is 10.1. The highest BCUT2D eigenvalue weighted by Crippen LogP contribution is 2.26. The van der Waals surface area contributed by atoms with Gasteiger partial charge in [-0.3, -0.25) is 0 Å². The molecule has 6 nitrogen and oxygen atoms in total. The van der Waals surface area contributed by atoms with Crippen LogP contribution in [0.15, 0.2) is 58.1 Å². The molecule has 25 heavy (non-hydrogen) atoms. The van der Waals surface area contributed by atoms with Crippen LogP contribution in [0.25, 0.3) is 0 Å². The van der Waals surface area contributed by atoms with Crippen LogP contribution in [0.4, 0.5) is 10.2 Å². The van der Waals surface area contributed by atoms with Gasteiger partial charge in [-0.05, 0) is 25.1 Å². The van der Waals surface area contributed by atoms with E-state index in [-0.39, 0.29) is 28.0 Å². The average Bonchev–Trinajstić information content (AvgIpc) is 3.00. The summed E-state index contributed by atoms with van der Waals surface area (Å²) in [4.78, 5) is 3.70. The van der Waals surface area contributed by atoms with Crippen molar-refractivity contribution < 1.29 is 17.3 Å². The maximum Gasteiger partial charge on any atom is 0.267 e. The van der Waals surface area contributed by atoms with Gasteiger partial charge in [-0.2, -0.15) is 0 Å². The largest absolute Gasteiger partial charge is 0.360 e. The zero-order chi connectivity index (χ0) is 18.0. The van der Waals surface area contributed by atoms with Gasteiger partial charge in [0, 0.05) is 17.8 Å². The second-order valence-corrected chi connectivity index (χ2v) is 7.47. The molecule has 0 fully saturated rings. The molecule has 1 aromatic carbocycles. The third kappa shape index (κ3) is 3.64. The van der Waals surface area contributed by atoms with Crippen LogP contribution in [-0.2, 0) is 16.6 Å². The molecule has 0 aliphatic heterocycles. The molecule has 0 atom stereocenters. The molecule has 2 aromatic heterocycles. The van der Waals surface area contributed by atoms with Crippen molar-refractivity contribution in [3.63, 3.8) is 0 Å². The molecule has 0 N–H and O–H groups in total. The summed E-state index contributed by atoms with van der Waals surface area (Å²) in [6.45, 7) is 1.39. The Hall–Kier alpha value is -2.45. The SMILES string of the molecule is Cc1cc(N(Cc2ccccc2F)S(=O)(=O)c2ccc(Cl)nc2)no1. The number of hydrogen-bond acceptors (Lipinski definition) is 5. The predicted octanol–water partition coefficient (Wildman–Crippen LogP) is 3.57. The number of sulfonamides is 1. The zero-order valence-electron chi connectivity index (χ0n) is 13.1. The molecular weight excluding hydrogens is 369 g/mol. The van der Waals surface area contributed by atoms with Gasteiger partial charge in [0.1, 0.15) is 21.6 Å². The fourth-order valence-electron chi connectivity index (χ4n) is 2.18. The molecule has 9 heteroatoms. The number of nitrogens with zero attached hydrogens (tertiary/aromatic N) is 3. The van der Waals surface area contributed by atoms with Gasteiger partial charge in [0.15, 0.2) is 5.82 Å². The van der Waals surface area contributed by atoms with Crippen LogP contribution in [-0.4, -0.2) is 18.6 Å². The number of aryl methyl sites for hydroxylation is 1. The number of aromatic nitrogens is 2. The van der Waals surface area contributed by atoms with Gasteiger partial charge < -0.3 is 4.52 Å². The molecule has 0 radical (unpaired) electrons. The van der Waals surface area contributed by atoms with Crippen LogP contribution in [0.2, 0.25) is 5.15 Å². The van der Waals surface area contributed by atoms with Gasteiger partial charge in [-0.25, -0.2) is 22.1 Å². The normalized spacial score (nSPS) is 11.5. The van der Waals surface area contributed by atoms with Crippen LogP contribution in [0, 0.1) is 12.7 Å². The first-order valence-corrected chi connectivity index (χ1v) is 9.01. The van der Waals surface area contributed by atoms with Gasteiger partial charge >= 0.3 is 0 Å². The van der Waals surface area contributed by atoms with Gasteiger partial charge in [-0.1, -0.05) is 35.0 Å². The molecule has 0 saturated heterocycles. The van der Waals surface area contributed by atoms with E-state index in [9.17, 15) is 12.8 Å². The molecular formula is C16H13ClFN3O3S. The van der Waals surface area contributed by atoms with Gasteiger partial charge in [0.25, 0.3) is 10.0 Å². The van der Waals surface area contributed by atoms with E-state index in [1.54, 1.807) is 13.0 Å². The number of hydrogen-bond donors (Lipinski definition) is 0. The van der Waals surface area contributed by atoms with Crippen molar-refractivity contribution in [2.45, 2.75) is 18.4 Å². The third-order valence-electron chi connectivity index (χ3n) is 3.43. The molecule has 0 spiro atoms. The molecule has 0 aliphatic carbocycles. The maximum absolute atomic E-state index is 14.0. The Morgan fingerprint density at radius 2 is 2.00 bits per heavy atom. The van der Waals surface area contributed by atoms with Crippen LogP contribution in [0.5, 0.6) is 0 Å². The Bertz CT molecular complexity index is 990. The van der Waals surface area contributed by atoms with E-state index in [1.165, 1.54) is 36.4 Å². The summed E-state index contributed by atoms with van der Waals surface area (Å²) >= 11 is 5.72. The van der Waals surface area contributed by atoms with E-state index in [2.05, 4.69) is 10.1 Å². The lowest BCUT2D eigenvalue weighted by Gasteiger charge is -2.21. The summed E-state index contributed by atoms with van der Waals surface area (Å²) in [5, 5.41) is 3.92. The molecule has 2 heterocycles. The van der Waals surface area contributed by atoms with Crippen molar-refractivity contribution in [1.29, 1.82) is 0 Å². The molecule has 0 unspecified atom stereocenters. The standard InChI is InChI=1S/C16H13ClFN3O3S/c1-11-8-16(20-24-11)21(10-12-4-2-3-5-14(12)18)25(22,23)13-6-7-15(17)19-9-13/h2-9H,10H2,1H3. The van der Waals surface area contributed by atoms with Gasteiger partial charge in [0.2, 0.25) is 0 Å².